The van der Waals surface area contributed by atoms with E-state index in [9.17, 15) is 0 Å². The molecule has 1 nitrogen and oxygen atoms in total. The first kappa shape index (κ1) is 9.41. The van der Waals surface area contributed by atoms with Gasteiger partial charge in [0.25, 0.3) is 0 Å². The highest BCUT2D eigenvalue weighted by Gasteiger charge is 2.56. The van der Waals surface area contributed by atoms with Gasteiger partial charge in [-0.3, -0.25) is 0 Å². The molecular weight excluding hydrogens is 182 g/mol. The summed E-state index contributed by atoms with van der Waals surface area (Å²) in [7, 11) is 0. The highest BCUT2D eigenvalue weighted by atomic mass is 14.9. The minimum atomic E-state index is 0.0242. The minimum absolute atomic E-state index is 0.0242. The number of benzene rings is 1. The van der Waals surface area contributed by atoms with Gasteiger partial charge < -0.3 is 5.73 Å². The maximum atomic E-state index is 6.52. The molecule has 0 bridgehead atoms. The molecule has 2 N–H and O–H groups in total. The number of hydrogen-bond donors (Lipinski definition) is 1. The minimum Gasteiger partial charge on any atom is -0.321 e. The normalized spacial score (nSPS) is 34.9. The topological polar surface area (TPSA) is 26.0 Å². The summed E-state index contributed by atoms with van der Waals surface area (Å²) in [5.41, 5.74) is 9.30. The average Bonchev–Trinajstić information content (AvgIpc) is 2.76. The van der Waals surface area contributed by atoms with Crippen molar-refractivity contribution in [3.63, 3.8) is 0 Å². The molecule has 15 heavy (non-hydrogen) atoms. The first-order valence-electron chi connectivity index (χ1n) is 6.07. The molecule has 1 heteroatoms. The standard InChI is InChI=1S/C14H19N/c1-10-5-2-3-8-12(10)14(15)9-13(14)11-6-4-7-11/h2-3,5,8,11,13H,4,6-7,9,15H2,1H3. The van der Waals surface area contributed by atoms with Crippen molar-refractivity contribution >= 4 is 0 Å². The van der Waals surface area contributed by atoms with E-state index in [2.05, 4.69) is 31.2 Å². The third-order valence-corrected chi connectivity index (χ3v) is 4.42. The van der Waals surface area contributed by atoms with Gasteiger partial charge in [0.1, 0.15) is 0 Å². The zero-order chi connectivity index (χ0) is 10.5. The Morgan fingerprint density at radius 1 is 1.27 bits per heavy atom. The van der Waals surface area contributed by atoms with Crippen LogP contribution in [0.2, 0.25) is 0 Å². The van der Waals surface area contributed by atoms with Gasteiger partial charge >= 0.3 is 0 Å². The molecule has 0 amide bonds. The predicted molar refractivity (Wildman–Crippen MR) is 62.5 cm³/mol. The second kappa shape index (κ2) is 3.08. The summed E-state index contributed by atoms with van der Waals surface area (Å²) in [6, 6.07) is 8.62. The van der Waals surface area contributed by atoms with Crippen LogP contribution in [0.5, 0.6) is 0 Å². The molecule has 0 aromatic heterocycles. The van der Waals surface area contributed by atoms with Gasteiger partial charge in [0.2, 0.25) is 0 Å². The lowest BCUT2D eigenvalue weighted by atomic mass is 9.79. The van der Waals surface area contributed by atoms with Crippen LogP contribution in [0.4, 0.5) is 0 Å². The van der Waals surface area contributed by atoms with E-state index >= 15 is 0 Å². The highest BCUT2D eigenvalue weighted by Crippen LogP contribution is 2.58. The summed E-state index contributed by atoms with van der Waals surface area (Å²) in [4.78, 5) is 0. The van der Waals surface area contributed by atoms with Crippen LogP contribution >= 0.6 is 0 Å². The molecule has 3 rings (SSSR count). The fraction of sp³-hybridized carbons (Fsp3) is 0.571. The lowest BCUT2D eigenvalue weighted by Crippen LogP contribution is -2.28. The number of hydrogen-bond acceptors (Lipinski definition) is 1. The summed E-state index contributed by atoms with van der Waals surface area (Å²) in [5.74, 6) is 1.70. The van der Waals surface area contributed by atoms with Gasteiger partial charge in [-0.1, -0.05) is 43.5 Å². The molecule has 0 saturated heterocycles. The van der Waals surface area contributed by atoms with Crippen molar-refractivity contribution in [2.45, 2.75) is 38.1 Å². The Bertz CT molecular complexity index is 381. The molecule has 2 unspecified atom stereocenters. The van der Waals surface area contributed by atoms with Gasteiger partial charge in [-0.05, 0) is 36.3 Å². The molecule has 2 aliphatic carbocycles. The van der Waals surface area contributed by atoms with Crippen LogP contribution in [0.3, 0.4) is 0 Å². The van der Waals surface area contributed by atoms with Gasteiger partial charge in [0, 0.05) is 5.54 Å². The third-order valence-electron chi connectivity index (χ3n) is 4.42. The quantitative estimate of drug-likeness (QED) is 0.782. The highest BCUT2D eigenvalue weighted by molar-refractivity contribution is 5.38. The summed E-state index contributed by atoms with van der Waals surface area (Å²) < 4.78 is 0. The van der Waals surface area contributed by atoms with Crippen molar-refractivity contribution in [2.24, 2.45) is 17.6 Å². The maximum absolute atomic E-state index is 6.52. The van der Waals surface area contributed by atoms with Crippen molar-refractivity contribution in [1.82, 2.24) is 0 Å². The monoisotopic (exact) mass is 201 g/mol. The van der Waals surface area contributed by atoms with Crippen LogP contribution in [-0.4, -0.2) is 0 Å². The summed E-state index contributed by atoms with van der Waals surface area (Å²) in [5, 5.41) is 0. The van der Waals surface area contributed by atoms with Gasteiger partial charge in [-0.2, -0.15) is 0 Å². The van der Waals surface area contributed by atoms with E-state index in [4.69, 9.17) is 5.73 Å². The van der Waals surface area contributed by atoms with Crippen molar-refractivity contribution in [3.8, 4) is 0 Å². The molecule has 1 aromatic rings. The van der Waals surface area contributed by atoms with Gasteiger partial charge in [0.05, 0.1) is 0 Å². The Morgan fingerprint density at radius 3 is 2.60 bits per heavy atom. The average molecular weight is 201 g/mol. The van der Waals surface area contributed by atoms with Gasteiger partial charge in [-0.25, -0.2) is 0 Å². The Balaban J connectivity index is 1.86. The van der Waals surface area contributed by atoms with Crippen molar-refractivity contribution in [3.05, 3.63) is 35.4 Å². The maximum Gasteiger partial charge on any atom is 0.0447 e. The van der Waals surface area contributed by atoms with Gasteiger partial charge in [0.15, 0.2) is 0 Å². The molecule has 2 aliphatic rings. The van der Waals surface area contributed by atoms with E-state index in [1.165, 1.54) is 36.8 Å². The third kappa shape index (κ3) is 1.33. The summed E-state index contributed by atoms with van der Waals surface area (Å²) in [6.45, 7) is 2.18. The van der Waals surface area contributed by atoms with Crippen LogP contribution in [0.25, 0.3) is 0 Å². The SMILES string of the molecule is Cc1ccccc1C1(N)CC1C1CCC1. The summed E-state index contributed by atoms with van der Waals surface area (Å²) >= 11 is 0. The van der Waals surface area contributed by atoms with Crippen LogP contribution < -0.4 is 5.73 Å². The smallest absolute Gasteiger partial charge is 0.0447 e. The van der Waals surface area contributed by atoms with Crippen LogP contribution in [0.15, 0.2) is 24.3 Å². The fourth-order valence-electron chi connectivity index (χ4n) is 3.14. The first-order valence-corrected chi connectivity index (χ1v) is 6.07. The lowest BCUT2D eigenvalue weighted by molar-refractivity contribution is 0.258. The molecule has 0 radical (unpaired) electrons. The van der Waals surface area contributed by atoms with E-state index in [0.29, 0.717) is 0 Å². The zero-order valence-electron chi connectivity index (χ0n) is 9.37. The zero-order valence-corrected chi connectivity index (χ0v) is 9.37. The predicted octanol–water partition coefficient (Wildman–Crippen LogP) is 2.97. The first-order chi connectivity index (χ1) is 7.22. The van der Waals surface area contributed by atoms with E-state index in [-0.39, 0.29) is 5.54 Å². The Kier molecular flexibility index (Phi) is 1.93. The number of aryl methyl sites for hydroxylation is 1. The molecule has 1 aromatic carbocycles. The number of nitrogens with two attached hydrogens (primary N) is 1. The lowest BCUT2D eigenvalue weighted by Gasteiger charge is -2.28. The largest absolute Gasteiger partial charge is 0.321 e. The molecule has 2 fully saturated rings. The second-order valence-corrected chi connectivity index (χ2v) is 5.36. The molecule has 0 heterocycles. The Hall–Kier alpha value is -0.820. The second-order valence-electron chi connectivity index (χ2n) is 5.36. The van der Waals surface area contributed by atoms with Crippen molar-refractivity contribution in [2.75, 3.05) is 0 Å². The van der Waals surface area contributed by atoms with E-state index in [0.717, 1.165) is 11.8 Å². The Labute approximate surface area is 91.7 Å². The van der Waals surface area contributed by atoms with E-state index in [1.54, 1.807) is 0 Å². The fourth-order valence-corrected chi connectivity index (χ4v) is 3.14. The molecular formula is C14H19N. The summed E-state index contributed by atoms with van der Waals surface area (Å²) in [6.07, 6.45) is 5.46. The van der Waals surface area contributed by atoms with Crippen LogP contribution in [0, 0.1) is 18.8 Å². The Morgan fingerprint density at radius 2 is 2.00 bits per heavy atom. The van der Waals surface area contributed by atoms with Crippen molar-refractivity contribution in [1.29, 1.82) is 0 Å². The molecule has 0 spiro atoms. The molecule has 2 atom stereocenters. The number of rotatable bonds is 2. The molecule has 80 valence electrons. The van der Waals surface area contributed by atoms with E-state index in [1.807, 2.05) is 0 Å². The molecule has 0 aliphatic heterocycles. The van der Waals surface area contributed by atoms with E-state index < -0.39 is 0 Å². The van der Waals surface area contributed by atoms with Crippen LogP contribution in [0.1, 0.15) is 36.8 Å². The van der Waals surface area contributed by atoms with Gasteiger partial charge in [-0.15, -0.1) is 0 Å². The van der Waals surface area contributed by atoms with Crippen molar-refractivity contribution < 1.29 is 0 Å². The molecule has 2 saturated carbocycles. The van der Waals surface area contributed by atoms with Crippen LogP contribution in [-0.2, 0) is 5.54 Å².